The molecule has 6 nitrogen and oxygen atoms in total. The van der Waals surface area contributed by atoms with Crippen LogP contribution in [0, 0.1) is 13.8 Å². The van der Waals surface area contributed by atoms with E-state index in [0.29, 0.717) is 18.1 Å². The van der Waals surface area contributed by atoms with Crippen LogP contribution in [0.4, 0.5) is 5.69 Å². The summed E-state index contributed by atoms with van der Waals surface area (Å²) >= 11 is 5.16. The van der Waals surface area contributed by atoms with E-state index < -0.39 is 0 Å². The Morgan fingerprint density at radius 3 is 2.71 bits per heavy atom. The van der Waals surface area contributed by atoms with E-state index in [9.17, 15) is 9.59 Å². The highest BCUT2D eigenvalue weighted by Gasteiger charge is 2.19. The minimum absolute atomic E-state index is 0.0403. The number of thiocarbonyl (C=S) groups is 1. The summed E-state index contributed by atoms with van der Waals surface area (Å²) in [5.41, 5.74) is 8.41. The van der Waals surface area contributed by atoms with Gasteiger partial charge in [0, 0.05) is 18.7 Å². The highest BCUT2D eigenvalue weighted by Crippen LogP contribution is 2.14. The van der Waals surface area contributed by atoms with Crippen LogP contribution in [0.15, 0.2) is 18.2 Å². The van der Waals surface area contributed by atoms with Gasteiger partial charge in [0.1, 0.15) is 6.54 Å². The van der Waals surface area contributed by atoms with E-state index in [1.54, 1.807) is 4.90 Å². The second-order valence-electron chi connectivity index (χ2n) is 6.05. The number of amides is 2. The second-order valence-corrected chi connectivity index (χ2v) is 6.46. The van der Waals surface area contributed by atoms with Gasteiger partial charge in [-0.2, -0.15) is 0 Å². The summed E-state index contributed by atoms with van der Waals surface area (Å²) in [6.07, 6.45) is 3.40. The Kier molecular flexibility index (Phi) is 6.54. The molecular weight excluding hydrogens is 324 g/mol. The largest absolute Gasteiger partial charge is 0.333 e. The molecule has 1 aliphatic rings. The number of nitrogens with zero attached hydrogens (tertiary/aromatic N) is 1. The molecule has 2 amide bonds. The van der Waals surface area contributed by atoms with Crippen molar-refractivity contribution in [3.05, 3.63) is 29.3 Å². The quantitative estimate of drug-likeness (QED) is 0.576. The number of hydrogen-bond acceptors (Lipinski definition) is 3. The molecule has 1 fully saturated rings. The molecule has 0 atom stereocenters. The van der Waals surface area contributed by atoms with Crippen molar-refractivity contribution in [1.82, 2.24) is 15.8 Å². The topological polar surface area (TPSA) is 73.5 Å². The Bertz CT molecular complexity index is 633. The van der Waals surface area contributed by atoms with E-state index in [1.807, 2.05) is 32.0 Å². The molecule has 0 radical (unpaired) electrons. The van der Waals surface area contributed by atoms with Gasteiger partial charge in [0.05, 0.1) is 0 Å². The minimum atomic E-state index is -0.283. The molecule has 0 saturated carbocycles. The van der Waals surface area contributed by atoms with Crippen molar-refractivity contribution in [1.29, 1.82) is 0 Å². The number of benzene rings is 1. The zero-order chi connectivity index (χ0) is 17.5. The van der Waals surface area contributed by atoms with Crippen LogP contribution in [0.3, 0.4) is 0 Å². The average molecular weight is 348 g/mol. The first-order chi connectivity index (χ1) is 11.5. The van der Waals surface area contributed by atoms with Crippen molar-refractivity contribution >= 4 is 34.8 Å². The Hall–Kier alpha value is -2.15. The Labute approximate surface area is 148 Å². The van der Waals surface area contributed by atoms with Gasteiger partial charge in [-0.3, -0.25) is 20.4 Å². The summed E-state index contributed by atoms with van der Waals surface area (Å²) < 4.78 is 0. The van der Waals surface area contributed by atoms with Crippen LogP contribution in [0.2, 0.25) is 0 Å². The number of hydrazine groups is 1. The van der Waals surface area contributed by atoms with Crippen molar-refractivity contribution < 1.29 is 9.59 Å². The zero-order valence-corrected chi connectivity index (χ0v) is 15.0. The maximum absolute atomic E-state index is 12.0. The van der Waals surface area contributed by atoms with Crippen LogP contribution >= 0.6 is 12.2 Å². The molecule has 1 aliphatic heterocycles. The van der Waals surface area contributed by atoms with Crippen molar-refractivity contribution in [3.63, 3.8) is 0 Å². The maximum atomic E-state index is 12.0. The Morgan fingerprint density at radius 2 is 1.96 bits per heavy atom. The van der Waals surface area contributed by atoms with Gasteiger partial charge >= 0.3 is 0 Å². The predicted octanol–water partition coefficient (Wildman–Crippen LogP) is 2.02. The fourth-order valence-electron chi connectivity index (χ4n) is 2.53. The molecule has 1 aromatic carbocycles. The fraction of sp³-hybridized carbons (Fsp3) is 0.471. The van der Waals surface area contributed by atoms with E-state index >= 15 is 0 Å². The number of nitrogens with one attached hydrogen (secondary N) is 3. The molecule has 0 bridgehead atoms. The van der Waals surface area contributed by atoms with Crippen molar-refractivity contribution in [2.24, 2.45) is 0 Å². The first kappa shape index (κ1) is 18.2. The molecule has 0 aromatic heterocycles. The van der Waals surface area contributed by atoms with Gasteiger partial charge in [-0.25, -0.2) is 0 Å². The second kappa shape index (κ2) is 8.63. The lowest BCUT2D eigenvalue weighted by Crippen LogP contribution is -2.48. The third-order valence-electron chi connectivity index (χ3n) is 4.09. The van der Waals surface area contributed by atoms with Crippen LogP contribution in [-0.4, -0.2) is 34.9 Å². The minimum Gasteiger partial charge on any atom is -0.333 e. The molecule has 0 unspecified atom stereocenters. The van der Waals surface area contributed by atoms with E-state index in [0.717, 1.165) is 30.5 Å². The van der Waals surface area contributed by atoms with Crippen LogP contribution in [0.1, 0.15) is 36.8 Å². The van der Waals surface area contributed by atoms with Crippen LogP contribution in [-0.2, 0) is 9.59 Å². The molecular formula is C17H24N4O2S. The Morgan fingerprint density at radius 1 is 1.17 bits per heavy atom. The number of rotatable bonds is 3. The standard InChI is InChI=1S/C17H24N4O2S/c1-12-7-8-14(10-13(12)2)18-17(24)20-19-15(22)11-21-9-5-3-4-6-16(21)23/h7-8,10H,3-6,9,11H2,1-2H3,(H,19,22)(H2,18,20,24). The summed E-state index contributed by atoms with van der Waals surface area (Å²) in [4.78, 5) is 25.4. The van der Waals surface area contributed by atoms with Crippen LogP contribution in [0.25, 0.3) is 0 Å². The first-order valence-corrected chi connectivity index (χ1v) is 8.57. The Balaban J connectivity index is 1.77. The fourth-order valence-corrected chi connectivity index (χ4v) is 2.70. The highest BCUT2D eigenvalue weighted by molar-refractivity contribution is 7.80. The van der Waals surface area contributed by atoms with E-state index in [2.05, 4.69) is 16.2 Å². The smallest absolute Gasteiger partial charge is 0.257 e. The SMILES string of the molecule is Cc1ccc(NC(=S)NNC(=O)CN2CCCCCC2=O)cc1C. The summed E-state index contributed by atoms with van der Waals surface area (Å²) in [7, 11) is 0. The van der Waals surface area contributed by atoms with E-state index in [-0.39, 0.29) is 18.4 Å². The lowest BCUT2D eigenvalue weighted by atomic mass is 10.1. The summed E-state index contributed by atoms with van der Waals surface area (Å²) in [6.45, 7) is 4.76. The molecule has 24 heavy (non-hydrogen) atoms. The molecule has 1 saturated heterocycles. The molecule has 1 aromatic rings. The first-order valence-electron chi connectivity index (χ1n) is 8.16. The van der Waals surface area contributed by atoms with Gasteiger partial charge in [0.2, 0.25) is 5.91 Å². The predicted molar refractivity (Wildman–Crippen MR) is 98.5 cm³/mol. The zero-order valence-electron chi connectivity index (χ0n) is 14.1. The van der Waals surface area contributed by atoms with Gasteiger partial charge in [0.15, 0.2) is 5.11 Å². The highest BCUT2D eigenvalue weighted by atomic mass is 32.1. The van der Waals surface area contributed by atoms with Gasteiger partial charge in [0.25, 0.3) is 5.91 Å². The van der Waals surface area contributed by atoms with Gasteiger partial charge in [-0.15, -0.1) is 0 Å². The monoisotopic (exact) mass is 348 g/mol. The van der Waals surface area contributed by atoms with E-state index in [1.165, 1.54) is 5.56 Å². The maximum Gasteiger partial charge on any atom is 0.257 e. The summed E-state index contributed by atoms with van der Waals surface area (Å²) in [5, 5.41) is 3.31. The number of likely N-dealkylation sites (tertiary alicyclic amines) is 1. The molecule has 0 aliphatic carbocycles. The number of aryl methyl sites for hydroxylation is 2. The van der Waals surface area contributed by atoms with E-state index in [4.69, 9.17) is 12.2 Å². The van der Waals surface area contributed by atoms with Crippen molar-refractivity contribution in [2.75, 3.05) is 18.4 Å². The van der Waals surface area contributed by atoms with Gasteiger partial charge in [-0.1, -0.05) is 12.5 Å². The van der Waals surface area contributed by atoms with Crippen LogP contribution in [0.5, 0.6) is 0 Å². The molecule has 3 N–H and O–H groups in total. The van der Waals surface area contributed by atoms with Crippen molar-refractivity contribution in [3.8, 4) is 0 Å². The summed E-state index contributed by atoms with van der Waals surface area (Å²) in [6, 6.07) is 5.92. The summed E-state index contributed by atoms with van der Waals surface area (Å²) in [5.74, 6) is -0.243. The number of carbonyl (C=O) groups is 2. The third-order valence-corrected chi connectivity index (χ3v) is 4.29. The number of anilines is 1. The lowest BCUT2D eigenvalue weighted by Gasteiger charge is -2.20. The number of hydrogen-bond donors (Lipinski definition) is 3. The molecule has 130 valence electrons. The lowest BCUT2D eigenvalue weighted by molar-refractivity contribution is -0.135. The average Bonchev–Trinajstić information content (AvgIpc) is 2.74. The molecule has 2 rings (SSSR count). The third kappa shape index (κ3) is 5.49. The molecule has 7 heteroatoms. The number of carbonyl (C=O) groups excluding carboxylic acids is 2. The van der Waals surface area contributed by atoms with Crippen molar-refractivity contribution in [2.45, 2.75) is 39.5 Å². The van der Waals surface area contributed by atoms with Crippen LogP contribution < -0.4 is 16.2 Å². The molecule has 1 heterocycles. The van der Waals surface area contributed by atoms with Gasteiger partial charge < -0.3 is 10.2 Å². The molecule has 0 spiro atoms. The normalized spacial score (nSPS) is 14.8. The van der Waals surface area contributed by atoms with Gasteiger partial charge in [-0.05, 0) is 62.2 Å².